The summed E-state index contributed by atoms with van der Waals surface area (Å²) >= 11 is 2.83. The smallest absolute Gasteiger partial charge is 0.263 e. The van der Waals surface area contributed by atoms with E-state index in [1.54, 1.807) is 10.8 Å². The summed E-state index contributed by atoms with van der Waals surface area (Å²) in [6.07, 6.45) is 6.15. The molecule has 0 spiro atoms. The summed E-state index contributed by atoms with van der Waals surface area (Å²) in [6, 6.07) is 5.79. The Kier molecular flexibility index (Phi) is 8.26. The number of aryl methyl sites for hydroxylation is 2. The lowest BCUT2D eigenvalue weighted by Gasteiger charge is -2.15. The van der Waals surface area contributed by atoms with Crippen LogP contribution in [0.1, 0.15) is 55.7 Å². The Balaban J connectivity index is 1.82. The number of amides is 1. The first kappa shape index (κ1) is 23.5. The predicted molar refractivity (Wildman–Crippen MR) is 129 cm³/mol. The monoisotopic (exact) mass is 458 g/mol. The van der Waals surface area contributed by atoms with Crippen LogP contribution in [-0.2, 0) is 11.3 Å². The van der Waals surface area contributed by atoms with Crippen molar-refractivity contribution in [3.05, 3.63) is 50.9 Å². The van der Waals surface area contributed by atoms with E-state index in [0.29, 0.717) is 17.1 Å². The van der Waals surface area contributed by atoms with E-state index in [1.807, 2.05) is 39.0 Å². The van der Waals surface area contributed by atoms with Crippen molar-refractivity contribution in [1.29, 1.82) is 0 Å². The molecule has 1 unspecified atom stereocenters. The number of hydrogen-bond acceptors (Lipinski definition) is 6. The Morgan fingerprint density at radius 2 is 2.10 bits per heavy atom. The lowest BCUT2D eigenvalue weighted by molar-refractivity contribution is -0.119. The highest BCUT2D eigenvalue weighted by Gasteiger charge is 2.18. The van der Waals surface area contributed by atoms with Gasteiger partial charge in [-0.05, 0) is 44.9 Å². The van der Waals surface area contributed by atoms with Crippen molar-refractivity contribution in [2.75, 3.05) is 5.75 Å². The molecule has 0 bridgehead atoms. The number of unbranched alkanes of at least 4 members (excludes halogenated alkanes) is 2. The third-order valence-corrected chi connectivity index (χ3v) is 7.36. The Bertz CT molecular complexity index is 1090. The summed E-state index contributed by atoms with van der Waals surface area (Å²) in [4.78, 5) is 36.8. The molecule has 1 N–H and O–H groups in total. The normalized spacial score (nSPS) is 12.3. The zero-order chi connectivity index (χ0) is 22.4. The number of rotatable bonds is 10. The summed E-state index contributed by atoms with van der Waals surface area (Å²) in [5.41, 5.74) is 1.68. The van der Waals surface area contributed by atoms with E-state index in [1.165, 1.54) is 35.9 Å². The molecule has 0 aromatic carbocycles. The molecule has 6 nitrogen and oxygen atoms in total. The van der Waals surface area contributed by atoms with Gasteiger partial charge in [0.05, 0.1) is 23.4 Å². The van der Waals surface area contributed by atoms with Crippen LogP contribution in [0.4, 0.5) is 0 Å². The van der Waals surface area contributed by atoms with E-state index < -0.39 is 0 Å². The molecule has 0 saturated carbocycles. The number of aromatic nitrogens is 3. The standard InChI is InChI=1S/C23H30N4O2S2/c1-5-6-7-10-15(2)25-19(28)14-30-23-26-21-20(16(3)17(4)31-21)22(29)27(23)13-18-11-8-9-12-24-18/h8-9,11-12,15H,5-7,10,13-14H2,1-4H3,(H,25,28). The molecule has 3 aromatic heterocycles. The molecule has 1 amide bonds. The van der Waals surface area contributed by atoms with Gasteiger partial charge >= 0.3 is 0 Å². The first-order valence-electron chi connectivity index (χ1n) is 10.7. The molecule has 0 fully saturated rings. The van der Waals surface area contributed by atoms with Gasteiger partial charge in [-0.15, -0.1) is 11.3 Å². The van der Waals surface area contributed by atoms with Gasteiger partial charge in [0, 0.05) is 17.1 Å². The van der Waals surface area contributed by atoms with Crippen molar-refractivity contribution in [2.24, 2.45) is 0 Å². The number of fused-ring (bicyclic) bond motifs is 1. The van der Waals surface area contributed by atoms with Crippen molar-refractivity contribution < 1.29 is 4.79 Å². The van der Waals surface area contributed by atoms with Crippen molar-refractivity contribution in [3.63, 3.8) is 0 Å². The molecule has 0 saturated heterocycles. The Hall–Kier alpha value is -2.19. The molecule has 0 aliphatic carbocycles. The molecule has 0 radical (unpaired) electrons. The van der Waals surface area contributed by atoms with E-state index in [9.17, 15) is 9.59 Å². The van der Waals surface area contributed by atoms with Gasteiger partial charge in [0.15, 0.2) is 5.16 Å². The molecule has 166 valence electrons. The fourth-order valence-electron chi connectivity index (χ4n) is 3.43. The molecular formula is C23H30N4O2S2. The predicted octanol–water partition coefficient (Wildman–Crippen LogP) is 4.70. The highest BCUT2D eigenvalue weighted by molar-refractivity contribution is 7.99. The quantitative estimate of drug-likeness (QED) is 0.271. The van der Waals surface area contributed by atoms with E-state index in [4.69, 9.17) is 4.98 Å². The van der Waals surface area contributed by atoms with Crippen LogP contribution in [-0.4, -0.2) is 32.2 Å². The minimum atomic E-state index is -0.0756. The van der Waals surface area contributed by atoms with Gasteiger partial charge < -0.3 is 5.32 Å². The fourth-order valence-corrected chi connectivity index (χ4v) is 5.31. The third kappa shape index (κ3) is 5.95. The molecule has 8 heteroatoms. The van der Waals surface area contributed by atoms with Crippen LogP contribution >= 0.6 is 23.1 Å². The zero-order valence-corrected chi connectivity index (χ0v) is 20.2. The minimum Gasteiger partial charge on any atom is -0.353 e. The molecule has 3 rings (SSSR count). The van der Waals surface area contributed by atoms with Gasteiger partial charge in [-0.3, -0.25) is 19.1 Å². The number of carbonyl (C=O) groups is 1. The number of nitrogens with one attached hydrogen (secondary N) is 1. The van der Waals surface area contributed by atoms with Crippen LogP contribution < -0.4 is 10.9 Å². The number of carbonyl (C=O) groups excluding carboxylic acids is 1. The highest BCUT2D eigenvalue weighted by atomic mass is 32.2. The van der Waals surface area contributed by atoms with Gasteiger partial charge in [0.25, 0.3) is 5.56 Å². The average molecular weight is 459 g/mol. The fraction of sp³-hybridized carbons (Fsp3) is 0.478. The van der Waals surface area contributed by atoms with Crippen LogP contribution in [0, 0.1) is 13.8 Å². The second kappa shape index (κ2) is 10.9. The van der Waals surface area contributed by atoms with Crippen LogP contribution in [0.3, 0.4) is 0 Å². The number of thiophene rings is 1. The van der Waals surface area contributed by atoms with E-state index in [2.05, 4.69) is 17.2 Å². The first-order valence-corrected chi connectivity index (χ1v) is 12.5. The van der Waals surface area contributed by atoms with Gasteiger partial charge in [0.1, 0.15) is 4.83 Å². The second-order valence-electron chi connectivity index (χ2n) is 7.82. The first-order chi connectivity index (χ1) is 14.9. The second-order valence-corrected chi connectivity index (χ2v) is 9.97. The van der Waals surface area contributed by atoms with Crippen molar-refractivity contribution in [1.82, 2.24) is 19.9 Å². The molecule has 0 aliphatic heterocycles. The lowest BCUT2D eigenvalue weighted by atomic mass is 10.1. The number of hydrogen-bond donors (Lipinski definition) is 1. The minimum absolute atomic E-state index is 0.0359. The Morgan fingerprint density at radius 3 is 2.81 bits per heavy atom. The van der Waals surface area contributed by atoms with Gasteiger partial charge in [-0.1, -0.05) is 44.0 Å². The van der Waals surface area contributed by atoms with Gasteiger partial charge in [0.2, 0.25) is 5.91 Å². The van der Waals surface area contributed by atoms with E-state index in [0.717, 1.165) is 33.8 Å². The highest BCUT2D eigenvalue weighted by Crippen LogP contribution is 2.28. The molecule has 0 aliphatic rings. The zero-order valence-electron chi connectivity index (χ0n) is 18.6. The summed E-state index contributed by atoms with van der Waals surface area (Å²) in [5, 5.41) is 4.28. The van der Waals surface area contributed by atoms with Crippen LogP contribution in [0.2, 0.25) is 0 Å². The summed E-state index contributed by atoms with van der Waals surface area (Å²) in [7, 11) is 0. The number of pyridine rings is 1. The Labute approximate surface area is 191 Å². The van der Waals surface area contributed by atoms with Crippen molar-refractivity contribution in [3.8, 4) is 0 Å². The van der Waals surface area contributed by atoms with Gasteiger partial charge in [-0.25, -0.2) is 4.98 Å². The topological polar surface area (TPSA) is 76.9 Å². The molecule has 3 aromatic rings. The molecular weight excluding hydrogens is 428 g/mol. The SMILES string of the molecule is CCCCCC(C)NC(=O)CSc1nc2sc(C)c(C)c2c(=O)n1Cc1ccccn1. The van der Waals surface area contributed by atoms with E-state index in [-0.39, 0.29) is 23.3 Å². The Morgan fingerprint density at radius 1 is 1.29 bits per heavy atom. The third-order valence-electron chi connectivity index (χ3n) is 5.28. The van der Waals surface area contributed by atoms with Gasteiger partial charge in [-0.2, -0.15) is 0 Å². The summed E-state index contributed by atoms with van der Waals surface area (Å²) < 4.78 is 1.65. The largest absolute Gasteiger partial charge is 0.353 e. The molecule has 1 atom stereocenters. The maximum Gasteiger partial charge on any atom is 0.263 e. The number of thioether (sulfide) groups is 1. The van der Waals surface area contributed by atoms with Crippen LogP contribution in [0.15, 0.2) is 34.3 Å². The van der Waals surface area contributed by atoms with Crippen molar-refractivity contribution >= 4 is 39.2 Å². The number of nitrogens with zero attached hydrogens (tertiary/aromatic N) is 3. The van der Waals surface area contributed by atoms with E-state index >= 15 is 0 Å². The van der Waals surface area contributed by atoms with Crippen LogP contribution in [0.25, 0.3) is 10.2 Å². The maximum atomic E-state index is 13.3. The van der Waals surface area contributed by atoms with Crippen molar-refractivity contribution in [2.45, 2.75) is 71.1 Å². The molecule has 3 heterocycles. The summed E-state index contributed by atoms with van der Waals surface area (Å²) in [5.74, 6) is 0.188. The maximum absolute atomic E-state index is 13.3. The lowest BCUT2D eigenvalue weighted by Crippen LogP contribution is -2.34. The molecule has 31 heavy (non-hydrogen) atoms. The summed E-state index contributed by atoms with van der Waals surface area (Å²) in [6.45, 7) is 8.50. The van der Waals surface area contributed by atoms with Crippen LogP contribution in [0.5, 0.6) is 0 Å². The average Bonchev–Trinajstić information content (AvgIpc) is 3.03.